The number of carbonyl (C=O) groups is 4. The van der Waals surface area contributed by atoms with Gasteiger partial charge in [-0.3, -0.25) is 24.1 Å². The normalized spacial score (nSPS) is 14.0. The molecule has 0 unspecified atom stereocenters. The zero-order valence-corrected chi connectivity index (χ0v) is 24.8. The third-order valence-corrected chi connectivity index (χ3v) is 7.78. The molecule has 0 saturated heterocycles. The number of aromatic hydroxyl groups is 2. The van der Waals surface area contributed by atoms with Gasteiger partial charge in [-0.2, -0.15) is 0 Å². The van der Waals surface area contributed by atoms with Crippen LogP contribution in [0.3, 0.4) is 0 Å². The second kappa shape index (κ2) is 14.6. The van der Waals surface area contributed by atoms with Crippen LogP contribution in [-0.2, 0) is 19.2 Å². The molecule has 0 spiro atoms. The molecule has 13 heteroatoms. The molecule has 0 radical (unpaired) electrons. The van der Waals surface area contributed by atoms with Crippen molar-refractivity contribution in [3.8, 4) is 11.5 Å². The first-order valence-corrected chi connectivity index (χ1v) is 15.1. The van der Waals surface area contributed by atoms with Gasteiger partial charge in [0.2, 0.25) is 23.6 Å². The summed E-state index contributed by atoms with van der Waals surface area (Å²) in [4.78, 5) is 53.1. The van der Waals surface area contributed by atoms with Gasteiger partial charge >= 0.3 is 0 Å². The number of thioether (sulfide) groups is 1. The molecule has 2 aromatic carbocycles. The Morgan fingerprint density at radius 2 is 1.70 bits per heavy atom. The fraction of sp³-hybridized carbons (Fsp3) is 0.367. The van der Waals surface area contributed by atoms with E-state index in [9.17, 15) is 29.4 Å². The molecule has 5 N–H and O–H groups in total. The van der Waals surface area contributed by atoms with Gasteiger partial charge in [-0.15, -0.1) is 11.8 Å². The molecular formula is C30H35N5O7S. The summed E-state index contributed by atoms with van der Waals surface area (Å²) in [6, 6.07) is 10.7. The highest BCUT2D eigenvalue weighted by Gasteiger charge is 2.34. The summed E-state index contributed by atoms with van der Waals surface area (Å²) in [5, 5.41) is 32.3. The number of hydrogen-bond donors (Lipinski definition) is 5. The lowest BCUT2D eigenvalue weighted by atomic mass is 9.94. The van der Waals surface area contributed by atoms with Crippen LogP contribution in [0.15, 0.2) is 53.1 Å². The molecule has 0 bridgehead atoms. The van der Waals surface area contributed by atoms with E-state index in [-0.39, 0.29) is 46.5 Å². The Bertz CT molecular complexity index is 1450. The average molecular weight is 610 g/mol. The van der Waals surface area contributed by atoms with Crippen LogP contribution in [0.25, 0.3) is 0 Å². The summed E-state index contributed by atoms with van der Waals surface area (Å²) in [5.41, 5.74) is 1.15. The summed E-state index contributed by atoms with van der Waals surface area (Å²) in [7, 11) is 0. The highest BCUT2D eigenvalue weighted by atomic mass is 32.2. The number of carbonyl (C=O) groups excluding carboxylic acids is 4. The van der Waals surface area contributed by atoms with Crippen LogP contribution in [-0.4, -0.2) is 56.5 Å². The van der Waals surface area contributed by atoms with E-state index in [1.165, 1.54) is 30.0 Å². The lowest BCUT2D eigenvalue weighted by molar-refractivity contribution is -0.126. The lowest BCUT2D eigenvalue weighted by Gasteiger charge is -2.33. The molecule has 4 rings (SSSR count). The fourth-order valence-electron chi connectivity index (χ4n) is 4.91. The van der Waals surface area contributed by atoms with E-state index in [0.717, 1.165) is 43.9 Å². The third-order valence-electron chi connectivity index (χ3n) is 6.86. The monoisotopic (exact) mass is 609 g/mol. The van der Waals surface area contributed by atoms with E-state index in [0.29, 0.717) is 17.1 Å². The minimum Gasteiger partial charge on any atom is -0.504 e. The number of phenols is 2. The minimum atomic E-state index is -1.21. The second-order valence-corrected chi connectivity index (χ2v) is 11.3. The van der Waals surface area contributed by atoms with E-state index in [1.54, 1.807) is 37.3 Å². The molecule has 1 fully saturated rings. The number of aryl methyl sites for hydroxylation is 1. The standard InChI is InChI=1S/C30H35N5O7S/c1-18-14-26(34-42-18)33-27(39)16-43-17-28(40)35(23-11-9-22(10-12-23)31-19(2)36)29(20-8-13-24(37)25(38)15-20)30(41)32-21-6-4-3-5-7-21/h8-15,21,29,37-38H,3-7,16-17H2,1-2H3,(H,31,36)(H,32,41)(H,33,34,39)/t29-/m1/s1. The van der Waals surface area contributed by atoms with Crippen LogP contribution in [0.1, 0.15) is 56.4 Å². The molecule has 1 saturated carbocycles. The Balaban J connectivity index is 1.62. The number of rotatable bonds is 11. The Labute approximate surface area is 253 Å². The molecule has 1 aromatic heterocycles. The Kier molecular flexibility index (Phi) is 10.7. The van der Waals surface area contributed by atoms with Gasteiger partial charge in [-0.1, -0.05) is 30.5 Å². The predicted molar refractivity (Wildman–Crippen MR) is 163 cm³/mol. The van der Waals surface area contributed by atoms with Crippen LogP contribution in [0.4, 0.5) is 17.2 Å². The quantitative estimate of drug-likeness (QED) is 0.199. The number of hydrogen-bond acceptors (Lipinski definition) is 9. The topological polar surface area (TPSA) is 174 Å². The second-order valence-electron chi connectivity index (χ2n) is 10.3. The lowest BCUT2D eigenvalue weighted by Crippen LogP contribution is -2.48. The molecular weight excluding hydrogens is 574 g/mol. The van der Waals surface area contributed by atoms with E-state index >= 15 is 0 Å². The number of anilines is 3. The van der Waals surface area contributed by atoms with Gasteiger partial charge in [0.25, 0.3) is 0 Å². The Morgan fingerprint density at radius 3 is 2.33 bits per heavy atom. The molecule has 0 aliphatic heterocycles. The maximum absolute atomic E-state index is 13.9. The van der Waals surface area contributed by atoms with Crippen molar-refractivity contribution in [1.29, 1.82) is 0 Å². The molecule has 4 amide bonds. The van der Waals surface area contributed by atoms with Crippen LogP contribution in [0, 0.1) is 6.92 Å². The SMILES string of the molecule is CC(=O)Nc1ccc(N(C(=O)CSCC(=O)Nc2cc(C)on2)[C@@H](C(=O)NC2CCCCC2)c2ccc(O)c(O)c2)cc1. The summed E-state index contributed by atoms with van der Waals surface area (Å²) >= 11 is 1.06. The molecule has 228 valence electrons. The number of benzene rings is 2. The fourth-order valence-corrected chi connectivity index (χ4v) is 5.58. The summed E-state index contributed by atoms with van der Waals surface area (Å²) in [6.07, 6.45) is 4.68. The van der Waals surface area contributed by atoms with Gasteiger partial charge < -0.3 is 30.7 Å². The van der Waals surface area contributed by atoms with Crippen molar-refractivity contribution >= 4 is 52.6 Å². The molecule has 1 heterocycles. The number of nitrogens with one attached hydrogen (secondary N) is 3. The van der Waals surface area contributed by atoms with Crippen molar-refractivity contribution in [3.63, 3.8) is 0 Å². The first-order chi connectivity index (χ1) is 20.6. The Hall–Kier alpha value is -4.52. The maximum Gasteiger partial charge on any atom is 0.248 e. The van der Waals surface area contributed by atoms with E-state index in [1.807, 2.05) is 0 Å². The van der Waals surface area contributed by atoms with Crippen LogP contribution in [0.5, 0.6) is 11.5 Å². The number of phenolic OH excluding ortho intramolecular Hbond substituents is 2. The molecule has 12 nitrogen and oxygen atoms in total. The van der Waals surface area contributed by atoms with Crippen LogP contribution >= 0.6 is 11.8 Å². The van der Waals surface area contributed by atoms with Gasteiger partial charge in [0, 0.05) is 30.4 Å². The third kappa shape index (κ3) is 8.74. The predicted octanol–water partition coefficient (Wildman–Crippen LogP) is 4.25. The first-order valence-electron chi connectivity index (χ1n) is 13.9. The minimum absolute atomic E-state index is 0.0632. The zero-order chi connectivity index (χ0) is 30.9. The van der Waals surface area contributed by atoms with Crippen molar-refractivity contribution in [2.75, 3.05) is 27.0 Å². The Morgan fingerprint density at radius 1 is 0.977 bits per heavy atom. The molecule has 1 atom stereocenters. The van der Waals surface area contributed by atoms with Crippen molar-refractivity contribution in [2.45, 2.75) is 58.0 Å². The maximum atomic E-state index is 13.9. The van der Waals surface area contributed by atoms with E-state index in [4.69, 9.17) is 4.52 Å². The number of nitrogens with zero attached hydrogens (tertiary/aromatic N) is 2. The van der Waals surface area contributed by atoms with Crippen molar-refractivity contribution in [2.24, 2.45) is 0 Å². The smallest absolute Gasteiger partial charge is 0.248 e. The summed E-state index contributed by atoms with van der Waals surface area (Å²) < 4.78 is 4.95. The molecule has 3 aromatic rings. The number of amides is 4. The highest BCUT2D eigenvalue weighted by molar-refractivity contribution is 8.00. The molecule has 43 heavy (non-hydrogen) atoms. The average Bonchev–Trinajstić information content (AvgIpc) is 3.38. The van der Waals surface area contributed by atoms with Gasteiger partial charge in [-0.05, 0) is 61.7 Å². The van der Waals surface area contributed by atoms with E-state index in [2.05, 4.69) is 21.1 Å². The van der Waals surface area contributed by atoms with Gasteiger partial charge in [-0.25, -0.2) is 0 Å². The first kappa shape index (κ1) is 31.4. The van der Waals surface area contributed by atoms with Crippen molar-refractivity contribution in [3.05, 3.63) is 59.9 Å². The summed E-state index contributed by atoms with van der Waals surface area (Å²) in [5.74, 6) is -1.78. The highest BCUT2D eigenvalue weighted by Crippen LogP contribution is 2.34. The van der Waals surface area contributed by atoms with Crippen LogP contribution < -0.4 is 20.9 Å². The van der Waals surface area contributed by atoms with Gasteiger partial charge in [0.05, 0.1) is 11.5 Å². The van der Waals surface area contributed by atoms with Gasteiger partial charge in [0.15, 0.2) is 17.3 Å². The van der Waals surface area contributed by atoms with Crippen molar-refractivity contribution in [1.82, 2.24) is 10.5 Å². The van der Waals surface area contributed by atoms with Crippen molar-refractivity contribution < 1.29 is 33.9 Å². The molecule has 1 aliphatic carbocycles. The largest absolute Gasteiger partial charge is 0.504 e. The zero-order valence-electron chi connectivity index (χ0n) is 24.0. The van der Waals surface area contributed by atoms with Gasteiger partial charge in [0.1, 0.15) is 11.8 Å². The number of aromatic nitrogens is 1. The molecule has 1 aliphatic rings. The van der Waals surface area contributed by atoms with Crippen LogP contribution in [0.2, 0.25) is 0 Å². The summed E-state index contributed by atoms with van der Waals surface area (Å²) in [6.45, 7) is 3.08. The van der Waals surface area contributed by atoms with E-state index < -0.39 is 23.6 Å².